The third kappa shape index (κ3) is 2.62. The molecule has 0 spiro atoms. The Morgan fingerprint density at radius 1 is 1.22 bits per heavy atom. The van der Waals surface area contributed by atoms with Gasteiger partial charge in [-0.2, -0.15) is 0 Å². The monoisotopic (exact) mass is 243 g/mol. The molecule has 0 bridgehead atoms. The van der Waals surface area contributed by atoms with Crippen molar-refractivity contribution < 1.29 is 0 Å². The zero-order valence-corrected chi connectivity index (χ0v) is 11.1. The average molecular weight is 243 g/mol. The van der Waals surface area contributed by atoms with Gasteiger partial charge in [0, 0.05) is 30.5 Å². The lowest BCUT2D eigenvalue weighted by Gasteiger charge is -2.11. The molecule has 0 radical (unpaired) electrons. The van der Waals surface area contributed by atoms with Crippen LogP contribution in [0.5, 0.6) is 0 Å². The van der Waals surface area contributed by atoms with Crippen LogP contribution in [0.1, 0.15) is 44.1 Å². The highest BCUT2D eigenvalue weighted by Crippen LogP contribution is 2.17. The third-order valence-electron chi connectivity index (χ3n) is 3.23. The first-order chi connectivity index (χ1) is 8.76. The Kier molecular flexibility index (Phi) is 4.15. The van der Waals surface area contributed by atoms with Crippen molar-refractivity contribution in [3.05, 3.63) is 48.0 Å². The van der Waals surface area contributed by atoms with E-state index >= 15 is 0 Å². The molecule has 1 aromatic heterocycles. The van der Waals surface area contributed by atoms with E-state index in [0.717, 1.165) is 30.8 Å². The maximum atomic E-state index is 6.02. The quantitative estimate of drug-likeness (QED) is 0.876. The van der Waals surface area contributed by atoms with Gasteiger partial charge in [0.25, 0.3) is 0 Å². The minimum atomic E-state index is 0.136. The van der Waals surface area contributed by atoms with E-state index in [2.05, 4.69) is 47.7 Å². The van der Waals surface area contributed by atoms with Crippen LogP contribution in [0.15, 0.2) is 36.7 Å². The lowest BCUT2D eigenvalue weighted by atomic mass is 10.1. The van der Waals surface area contributed by atoms with Gasteiger partial charge in [0.15, 0.2) is 0 Å². The number of benzene rings is 1. The summed E-state index contributed by atoms with van der Waals surface area (Å²) in [6, 6.07) is 8.59. The van der Waals surface area contributed by atoms with Crippen LogP contribution in [0.3, 0.4) is 0 Å². The zero-order valence-electron chi connectivity index (χ0n) is 11.1. The van der Waals surface area contributed by atoms with E-state index in [1.165, 1.54) is 5.56 Å². The Balaban J connectivity index is 2.26. The number of nitrogens with zero attached hydrogens (tertiary/aromatic N) is 2. The fourth-order valence-corrected chi connectivity index (χ4v) is 2.10. The normalized spacial score (nSPS) is 12.6. The van der Waals surface area contributed by atoms with Crippen LogP contribution in [0.2, 0.25) is 0 Å². The highest BCUT2D eigenvalue weighted by atomic mass is 15.1. The van der Waals surface area contributed by atoms with E-state index in [0.29, 0.717) is 0 Å². The van der Waals surface area contributed by atoms with E-state index in [1.54, 1.807) is 0 Å². The topological polar surface area (TPSA) is 43.8 Å². The largest absolute Gasteiger partial charge is 0.324 e. The fraction of sp³-hybridized carbons (Fsp3) is 0.400. The number of imidazole rings is 1. The Bertz CT molecular complexity index is 485. The lowest BCUT2D eigenvalue weighted by molar-refractivity contribution is 0.698. The molecular formula is C15H21N3. The highest BCUT2D eigenvalue weighted by molar-refractivity contribution is 5.36. The molecule has 2 rings (SSSR count). The molecule has 0 unspecified atom stereocenters. The van der Waals surface area contributed by atoms with Gasteiger partial charge in [-0.25, -0.2) is 4.98 Å². The van der Waals surface area contributed by atoms with Gasteiger partial charge in [-0.15, -0.1) is 0 Å². The molecule has 0 fully saturated rings. The zero-order chi connectivity index (χ0) is 13.0. The molecule has 0 aliphatic rings. The summed E-state index contributed by atoms with van der Waals surface area (Å²) < 4.78 is 2.14. The molecule has 0 aliphatic heterocycles. The van der Waals surface area contributed by atoms with E-state index in [4.69, 9.17) is 5.73 Å². The van der Waals surface area contributed by atoms with Crippen molar-refractivity contribution in [2.75, 3.05) is 0 Å². The molecule has 0 aliphatic carbocycles. The number of hydrogen-bond donors (Lipinski definition) is 1. The lowest BCUT2D eigenvalue weighted by Crippen LogP contribution is -2.08. The summed E-state index contributed by atoms with van der Waals surface area (Å²) in [5, 5.41) is 0. The Morgan fingerprint density at radius 3 is 2.56 bits per heavy atom. The molecule has 3 nitrogen and oxygen atoms in total. The summed E-state index contributed by atoms with van der Waals surface area (Å²) in [6.07, 6.45) is 6.95. The predicted molar refractivity (Wildman–Crippen MR) is 74.8 cm³/mol. The van der Waals surface area contributed by atoms with Crippen LogP contribution in [-0.4, -0.2) is 9.55 Å². The third-order valence-corrected chi connectivity index (χ3v) is 3.23. The summed E-state index contributed by atoms with van der Waals surface area (Å²) >= 11 is 0. The molecule has 18 heavy (non-hydrogen) atoms. The fourth-order valence-electron chi connectivity index (χ4n) is 2.10. The minimum absolute atomic E-state index is 0.136. The van der Waals surface area contributed by atoms with Crippen molar-refractivity contribution in [1.82, 2.24) is 9.55 Å². The van der Waals surface area contributed by atoms with Crippen molar-refractivity contribution in [3.8, 4) is 5.69 Å². The molecular weight excluding hydrogens is 222 g/mol. The SMILES string of the molecule is CCCc1nccn1-c1ccc([C@@H](N)CC)cc1. The van der Waals surface area contributed by atoms with Gasteiger partial charge in [0.2, 0.25) is 0 Å². The number of hydrogen-bond acceptors (Lipinski definition) is 2. The molecule has 3 heteroatoms. The molecule has 1 aromatic carbocycles. The van der Waals surface area contributed by atoms with Crippen molar-refractivity contribution in [2.45, 2.75) is 39.2 Å². The van der Waals surface area contributed by atoms with Gasteiger partial charge in [-0.1, -0.05) is 26.0 Å². The van der Waals surface area contributed by atoms with Crippen molar-refractivity contribution in [2.24, 2.45) is 5.73 Å². The minimum Gasteiger partial charge on any atom is -0.324 e. The maximum Gasteiger partial charge on any atom is 0.113 e. The second-order valence-electron chi connectivity index (χ2n) is 4.57. The van der Waals surface area contributed by atoms with Crippen LogP contribution in [0, 0.1) is 0 Å². The first-order valence-corrected chi connectivity index (χ1v) is 6.64. The molecule has 2 N–H and O–H groups in total. The Hall–Kier alpha value is -1.61. The van der Waals surface area contributed by atoms with Crippen LogP contribution < -0.4 is 5.73 Å². The Labute approximate surface area is 109 Å². The molecule has 1 heterocycles. The molecule has 96 valence electrons. The molecule has 0 saturated carbocycles. The van der Waals surface area contributed by atoms with Crippen LogP contribution in [-0.2, 0) is 6.42 Å². The average Bonchev–Trinajstić information content (AvgIpc) is 2.87. The number of rotatable bonds is 5. The second kappa shape index (κ2) is 5.83. The summed E-state index contributed by atoms with van der Waals surface area (Å²) in [5.74, 6) is 1.12. The molecule has 0 amide bonds. The second-order valence-corrected chi connectivity index (χ2v) is 4.57. The van der Waals surface area contributed by atoms with Crippen molar-refractivity contribution in [1.29, 1.82) is 0 Å². The smallest absolute Gasteiger partial charge is 0.113 e. The number of aromatic nitrogens is 2. The predicted octanol–water partition coefficient (Wildman–Crippen LogP) is 3.23. The standard InChI is InChI=1S/C15H21N3/c1-3-5-15-17-10-11-18(15)13-8-6-12(7-9-13)14(16)4-2/h6-11,14H,3-5,16H2,1-2H3/t14-/m0/s1. The summed E-state index contributed by atoms with van der Waals surface area (Å²) in [4.78, 5) is 4.39. The summed E-state index contributed by atoms with van der Waals surface area (Å²) in [7, 11) is 0. The van der Waals surface area contributed by atoms with E-state index in [9.17, 15) is 0 Å². The number of aryl methyl sites for hydroxylation is 1. The van der Waals surface area contributed by atoms with E-state index in [-0.39, 0.29) is 6.04 Å². The van der Waals surface area contributed by atoms with E-state index < -0.39 is 0 Å². The maximum absolute atomic E-state index is 6.02. The molecule has 2 aromatic rings. The van der Waals surface area contributed by atoms with Crippen molar-refractivity contribution in [3.63, 3.8) is 0 Å². The van der Waals surface area contributed by atoms with Gasteiger partial charge in [-0.3, -0.25) is 0 Å². The van der Waals surface area contributed by atoms with Crippen LogP contribution in [0.4, 0.5) is 0 Å². The van der Waals surface area contributed by atoms with Crippen molar-refractivity contribution >= 4 is 0 Å². The molecule has 0 saturated heterocycles. The van der Waals surface area contributed by atoms with Gasteiger partial charge >= 0.3 is 0 Å². The first-order valence-electron chi connectivity index (χ1n) is 6.64. The Morgan fingerprint density at radius 2 is 1.94 bits per heavy atom. The van der Waals surface area contributed by atoms with Gasteiger partial charge in [-0.05, 0) is 30.5 Å². The summed E-state index contributed by atoms with van der Waals surface area (Å²) in [6.45, 7) is 4.27. The highest BCUT2D eigenvalue weighted by Gasteiger charge is 2.06. The van der Waals surface area contributed by atoms with Gasteiger partial charge in [0.05, 0.1) is 0 Å². The summed E-state index contributed by atoms with van der Waals surface area (Å²) in [5.41, 5.74) is 8.37. The number of nitrogens with two attached hydrogens (primary N) is 1. The van der Waals surface area contributed by atoms with Gasteiger partial charge in [0.1, 0.15) is 5.82 Å². The van der Waals surface area contributed by atoms with E-state index in [1.807, 2.05) is 12.4 Å². The van der Waals surface area contributed by atoms with Gasteiger partial charge < -0.3 is 10.3 Å². The van der Waals surface area contributed by atoms with Crippen LogP contribution in [0.25, 0.3) is 5.69 Å². The van der Waals surface area contributed by atoms with Crippen LogP contribution >= 0.6 is 0 Å². The first kappa shape index (κ1) is 12.8. The molecule has 1 atom stereocenters.